The lowest BCUT2D eigenvalue weighted by Gasteiger charge is -2.08. The molecule has 102 valence electrons. The van der Waals surface area contributed by atoms with Gasteiger partial charge in [0.25, 0.3) is 5.69 Å². The Labute approximate surface area is 114 Å². The summed E-state index contributed by atoms with van der Waals surface area (Å²) in [6.07, 6.45) is 0. The van der Waals surface area contributed by atoms with Gasteiger partial charge in [-0.1, -0.05) is 12.1 Å². The Kier molecular flexibility index (Phi) is 3.65. The molecule has 0 unspecified atom stereocenters. The fourth-order valence-electron chi connectivity index (χ4n) is 1.83. The molecule has 2 rings (SSSR count). The fourth-order valence-corrected chi connectivity index (χ4v) is 1.83. The van der Waals surface area contributed by atoms with E-state index in [-0.39, 0.29) is 5.56 Å². The van der Waals surface area contributed by atoms with E-state index in [1.165, 1.54) is 18.2 Å². The maximum absolute atomic E-state index is 11.1. The lowest BCUT2D eigenvalue weighted by atomic mass is 10.1. The maximum atomic E-state index is 11.1. The minimum Gasteiger partial charge on any atom is -0.477 e. The Morgan fingerprint density at radius 1 is 1.20 bits per heavy atom. The number of carbonyl (C=O) groups is 1. The average molecular weight is 272 g/mol. The Balaban J connectivity index is 2.36. The zero-order valence-electron chi connectivity index (χ0n) is 10.7. The minimum atomic E-state index is -1.33. The van der Waals surface area contributed by atoms with Crippen LogP contribution in [-0.4, -0.2) is 16.0 Å². The largest absolute Gasteiger partial charge is 0.477 e. The molecule has 0 atom stereocenters. The number of nitrogens with zero attached hydrogens (tertiary/aromatic N) is 1. The summed E-state index contributed by atoms with van der Waals surface area (Å²) in [5.41, 5.74) is 1.56. The van der Waals surface area contributed by atoms with Crippen molar-refractivity contribution in [1.29, 1.82) is 0 Å². The van der Waals surface area contributed by atoms with Crippen molar-refractivity contribution in [3.8, 4) is 0 Å². The van der Waals surface area contributed by atoms with Crippen molar-refractivity contribution in [1.82, 2.24) is 0 Å². The summed E-state index contributed by atoms with van der Waals surface area (Å²) in [6, 6.07) is 11.4. The molecule has 0 spiro atoms. The third-order valence-electron chi connectivity index (χ3n) is 2.73. The molecule has 0 heterocycles. The topological polar surface area (TPSA) is 92.5 Å². The van der Waals surface area contributed by atoms with Gasteiger partial charge in [-0.3, -0.25) is 10.1 Å². The van der Waals surface area contributed by atoms with Crippen LogP contribution in [0.3, 0.4) is 0 Å². The first-order valence-corrected chi connectivity index (χ1v) is 5.83. The van der Waals surface area contributed by atoms with Crippen molar-refractivity contribution in [3.05, 3.63) is 63.7 Å². The highest BCUT2D eigenvalue weighted by molar-refractivity contribution is 5.93. The first-order valence-electron chi connectivity index (χ1n) is 5.83. The highest BCUT2D eigenvalue weighted by atomic mass is 16.6. The summed E-state index contributed by atoms with van der Waals surface area (Å²) in [5.74, 6) is -1.33. The van der Waals surface area contributed by atoms with Crippen LogP contribution in [0.2, 0.25) is 0 Å². The van der Waals surface area contributed by atoms with E-state index in [0.717, 1.165) is 11.3 Å². The minimum absolute atomic E-state index is 0.340. The quantitative estimate of drug-likeness (QED) is 0.657. The molecule has 0 saturated heterocycles. The van der Waals surface area contributed by atoms with Crippen LogP contribution in [0, 0.1) is 17.0 Å². The Bertz CT molecular complexity index is 683. The van der Waals surface area contributed by atoms with Crippen molar-refractivity contribution in [3.63, 3.8) is 0 Å². The van der Waals surface area contributed by atoms with E-state index in [2.05, 4.69) is 5.32 Å². The number of anilines is 2. The lowest BCUT2D eigenvalue weighted by molar-refractivity contribution is -0.385. The van der Waals surface area contributed by atoms with Gasteiger partial charge < -0.3 is 10.4 Å². The van der Waals surface area contributed by atoms with E-state index in [0.29, 0.717) is 5.69 Å². The summed E-state index contributed by atoms with van der Waals surface area (Å²) in [5, 5.41) is 22.8. The van der Waals surface area contributed by atoms with Crippen LogP contribution in [0.1, 0.15) is 15.9 Å². The van der Waals surface area contributed by atoms with E-state index < -0.39 is 16.6 Å². The third kappa shape index (κ3) is 2.92. The van der Waals surface area contributed by atoms with Gasteiger partial charge >= 0.3 is 5.97 Å². The number of nitrogens with one attached hydrogen (secondary N) is 1. The Hall–Kier alpha value is -2.89. The zero-order valence-corrected chi connectivity index (χ0v) is 10.7. The molecule has 20 heavy (non-hydrogen) atoms. The molecule has 2 aromatic rings. The van der Waals surface area contributed by atoms with Gasteiger partial charge in [-0.2, -0.15) is 0 Å². The van der Waals surface area contributed by atoms with Crippen LogP contribution < -0.4 is 5.32 Å². The maximum Gasteiger partial charge on any atom is 0.342 e. The highest BCUT2D eigenvalue weighted by Gasteiger charge is 2.19. The van der Waals surface area contributed by atoms with Gasteiger partial charge in [0.2, 0.25) is 0 Å². The number of carboxylic acids is 1. The SMILES string of the molecule is Cc1cccc(Nc2ccc([N+](=O)[O-])c(C(=O)O)c2)c1. The molecule has 0 saturated carbocycles. The van der Waals surface area contributed by atoms with Crippen LogP contribution >= 0.6 is 0 Å². The fraction of sp³-hybridized carbons (Fsp3) is 0.0714. The number of benzene rings is 2. The van der Waals surface area contributed by atoms with Gasteiger partial charge in [0.15, 0.2) is 0 Å². The number of aromatic carboxylic acids is 1. The third-order valence-corrected chi connectivity index (χ3v) is 2.73. The smallest absolute Gasteiger partial charge is 0.342 e. The van der Waals surface area contributed by atoms with Crippen LogP contribution in [-0.2, 0) is 0 Å². The predicted octanol–water partition coefficient (Wildman–Crippen LogP) is 3.35. The number of rotatable bonds is 4. The summed E-state index contributed by atoms with van der Waals surface area (Å²) in [7, 11) is 0. The Morgan fingerprint density at radius 3 is 2.50 bits per heavy atom. The lowest BCUT2D eigenvalue weighted by Crippen LogP contribution is -2.03. The van der Waals surface area contributed by atoms with E-state index in [4.69, 9.17) is 5.11 Å². The molecular formula is C14H12N2O4. The number of hydrogen-bond donors (Lipinski definition) is 2. The van der Waals surface area contributed by atoms with Crippen LogP contribution in [0.5, 0.6) is 0 Å². The van der Waals surface area contributed by atoms with E-state index >= 15 is 0 Å². The highest BCUT2D eigenvalue weighted by Crippen LogP contribution is 2.25. The van der Waals surface area contributed by atoms with Crippen molar-refractivity contribution in [2.24, 2.45) is 0 Å². The van der Waals surface area contributed by atoms with E-state index in [9.17, 15) is 14.9 Å². The van der Waals surface area contributed by atoms with E-state index in [1.807, 2.05) is 31.2 Å². The molecule has 0 aliphatic heterocycles. The molecule has 0 aliphatic carbocycles. The second kappa shape index (κ2) is 5.40. The molecular weight excluding hydrogens is 260 g/mol. The summed E-state index contributed by atoms with van der Waals surface area (Å²) >= 11 is 0. The molecule has 6 nitrogen and oxygen atoms in total. The Morgan fingerprint density at radius 2 is 1.90 bits per heavy atom. The number of nitro benzene ring substituents is 1. The van der Waals surface area contributed by atoms with Crippen LogP contribution in [0.15, 0.2) is 42.5 Å². The monoisotopic (exact) mass is 272 g/mol. The molecule has 2 N–H and O–H groups in total. The summed E-state index contributed by atoms with van der Waals surface area (Å²) in [6.45, 7) is 1.93. The number of nitro groups is 1. The van der Waals surface area contributed by atoms with Gasteiger partial charge in [-0.15, -0.1) is 0 Å². The van der Waals surface area contributed by atoms with Gasteiger partial charge in [0, 0.05) is 17.4 Å². The standard InChI is InChI=1S/C14H12N2O4/c1-9-3-2-4-10(7-9)15-11-5-6-13(16(19)20)12(8-11)14(17)18/h2-8,15H,1H3,(H,17,18). The second-order valence-electron chi connectivity index (χ2n) is 4.29. The molecule has 0 bridgehead atoms. The van der Waals surface area contributed by atoms with Gasteiger partial charge in [-0.25, -0.2) is 4.79 Å². The predicted molar refractivity (Wildman–Crippen MR) is 74.5 cm³/mol. The molecule has 2 aromatic carbocycles. The van der Waals surface area contributed by atoms with Gasteiger partial charge in [0.1, 0.15) is 5.56 Å². The number of aryl methyl sites for hydroxylation is 1. The van der Waals surface area contributed by atoms with Crippen molar-refractivity contribution >= 4 is 23.0 Å². The molecule has 6 heteroatoms. The summed E-state index contributed by atoms with van der Waals surface area (Å²) < 4.78 is 0. The molecule has 0 aliphatic rings. The van der Waals surface area contributed by atoms with Crippen molar-refractivity contribution < 1.29 is 14.8 Å². The van der Waals surface area contributed by atoms with Crippen molar-refractivity contribution in [2.75, 3.05) is 5.32 Å². The van der Waals surface area contributed by atoms with E-state index in [1.54, 1.807) is 0 Å². The van der Waals surface area contributed by atoms with Gasteiger partial charge in [-0.05, 0) is 36.8 Å². The number of hydrogen-bond acceptors (Lipinski definition) is 4. The van der Waals surface area contributed by atoms with Crippen LogP contribution in [0.25, 0.3) is 0 Å². The van der Waals surface area contributed by atoms with Crippen molar-refractivity contribution in [2.45, 2.75) is 6.92 Å². The molecule has 0 aromatic heterocycles. The van der Waals surface area contributed by atoms with Crippen LogP contribution in [0.4, 0.5) is 17.1 Å². The molecule has 0 fully saturated rings. The second-order valence-corrected chi connectivity index (χ2v) is 4.29. The normalized spacial score (nSPS) is 10.1. The average Bonchev–Trinajstić information content (AvgIpc) is 2.38. The molecule has 0 radical (unpaired) electrons. The first-order chi connectivity index (χ1) is 9.47. The summed E-state index contributed by atoms with van der Waals surface area (Å²) in [4.78, 5) is 21.1. The zero-order chi connectivity index (χ0) is 14.7. The number of carboxylic acid groups (broad SMARTS) is 1. The first kappa shape index (κ1) is 13.5. The van der Waals surface area contributed by atoms with Gasteiger partial charge in [0.05, 0.1) is 4.92 Å². The molecule has 0 amide bonds.